The van der Waals surface area contributed by atoms with E-state index in [1.165, 1.54) is 15.9 Å². The van der Waals surface area contributed by atoms with Gasteiger partial charge in [-0.2, -0.15) is 0 Å². The van der Waals surface area contributed by atoms with Gasteiger partial charge in [0.15, 0.2) is 5.79 Å². The molecule has 22 nitrogen and oxygen atoms in total. The van der Waals surface area contributed by atoms with Crippen molar-refractivity contribution in [1.29, 1.82) is 0 Å². The van der Waals surface area contributed by atoms with Gasteiger partial charge < -0.3 is 68.2 Å². The number of unbranched alkanes of at least 4 members (excludes halogenated alkanes) is 1. The van der Waals surface area contributed by atoms with E-state index in [1.807, 2.05) is 87.5 Å². The van der Waals surface area contributed by atoms with Crippen molar-refractivity contribution in [2.24, 2.45) is 0 Å². The Morgan fingerprint density at radius 1 is 0.687 bits per heavy atom. The smallest absolute Gasteiger partial charge is 0.410 e. The first-order valence-electron chi connectivity index (χ1n) is 35.0. The standard InChI is InChI=1S/C75H114N6O16Si2/c1-24-39-89-67(86)54(35-29-30-38-76-68(87)95-72(9,10)11)77-63(82)55(40-47-36-37-57(96-98(20,21)73(12,13)14)58(41-47)97-99(22,23)74(15,16)17)78-65(84)60(46(2)91-70(3,4)5)79-64(83)56-42-48(92-71(6,7)8)43-80(56)66(85)61-62-59(93-75(18,19)94-62)44-81(61)69(88)90-45-53-51-33-27-25-31-49(51)50-32-26-28-34-52(50)53/h24-28,31-34,36-37,41,46,48,53-56,59-62H,1,29-30,35,38-40,42-45H2,2-23H3,(H,76,87)(H,77,82)(H,78,84)(H,79,83)/t46-,48-,54+,55+,56+,59+,60+,61+,62+/m1/s1. The molecule has 4 aliphatic rings. The van der Waals surface area contributed by atoms with Gasteiger partial charge in [-0.05, 0) is 179 Å². The van der Waals surface area contributed by atoms with Gasteiger partial charge in [0.2, 0.25) is 23.6 Å². The second kappa shape index (κ2) is 31.2. The number of benzene rings is 3. The van der Waals surface area contributed by atoms with Crippen LogP contribution in [0.4, 0.5) is 9.59 Å². The molecular weight excluding hydrogens is 1300 g/mol. The number of carbonyl (C=O) groups excluding carboxylic acids is 7. The van der Waals surface area contributed by atoms with Crippen LogP contribution in [-0.4, -0.2) is 178 Å². The third-order valence-electron chi connectivity index (χ3n) is 19.0. The summed E-state index contributed by atoms with van der Waals surface area (Å²) in [6.07, 6.45) is -2.75. The summed E-state index contributed by atoms with van der Waals surface area (Å²) >= 11 is 0. The van der Waals surface area contributed by atoms with Gasteiger partial charge in [-0.1, -0.05) is 109 Å². The zero-order valence-corrected chi connectivity index (χ0v) is 64.9. The van der Waals surface area contributed by atoms with Crippen molar-refractivity contribution in [2.45, 2.75) is 276 Å². The summed E-state index contributed by atoms with van der Waals surface area (Å²) in [4.78, 5) is 106. The summed E-state index contributed by atoms with van der Waals surface area (Å²) in [5.74, 6) is -4.07. The lowest BCUT2D eigenvalue weighted by atomic mass is 9.98. The maximum absolute atomic E-state index is 15.8. The number of carbonyl (C=O) groups is 7. The fourth-order valence-electron chi connectivity index (χ4n) is 12.4. The first kappa shape index (κ1) is 79.5. The maximum atomic E-state index is 15.8. The molecule has 4 N–H and O–H groups in total. The SMILES string of the molecule is C=CCOC(=O)[C@H](CCCCNC(=O)OC(C)(C)C)NC(=O)[C@H](Cc1ccc(O[Si](C)(C)C(C)(C)C)c(O[Si](C)(C)C(C)(C)C)c1)NC(=O)[C@@H](NC(=O)[C@@H]1C[C@@H](OC(C)(C)C)CN1C(=O)[C@@H]1[C@H]2OC(C)(C)O[C@H]2CN1C(=O)OCC1c2ccccc2-c2ccccc21)[C@@H](C)OC(C)(C)C. The molecule has 3 saturated heterocycles. The number of amides is 6. The van der Waals surface area contributed by atoms with E-state index in [-0.39, 0.29) is 68.1 Å². The van der Waals surface area contributed by atoms with E-state index < -0.39 is 136 Å². The fraction of sp³-hybridized carbons (Fsp3) is 0.640. The van der Waals surface area contributed by atoms with Gasteiger partial charge in [0, 0.05) is 31.8 Å². The van der Waals surface area contributed by atoms with Crippen molar-refractivity contribution in [2.75, 3.05) is 32.8 Å². The lowest BCUT2D eigenvalue weighted by Crippen LogP contribution is -2.62. The Morgan fingerprint density at radius 3 is 1.84 bits per heavy atom. The summed E-state index contributed by atoms with van der Waals surface area (Å²) in [6.45, 7) is 46.4. The fourth-order valence-corrected chi connectivity index (χ4v) is 14.4. The Kier molecular flexibility index (Phi) is 25.0. The van der Waals surface area contributed by atoms with Crippen LogP contribution in [0, 0.1) is 0 Å². The average Bonchev–Trinajstić information content (AvgIpc) is 1.61. The second-order valence-electron chi connectivity index (χ2n) is 33.2. The number of nitrogens with zero attached hydrogens (tertiary/aromatic N) is 2. The van der Waals surface area contributed by atoms with Crippen LogP contribution in [-0.2, 0) is 63.6 Å². The lowest BCUT2D eigenvalue weighted by molar-refractivity contribution is -0.167. The van der Waals surface area contributed by atoms with Crippen LogP contribution in [0.1, 0.15) is 173 Å². The third kappa shape index (κ3) is 20.9. The van der Waals surface area contributed by atoms with Gasteiger partial charge in [0.1, 0.15) is 72.7 Å². The first-order chi connectivity index (χ1) is 45.7. The van der Waals surface area contributed by atoms with E-state index in [0.29, 0.717) is 29.9 Å². The summed E-state index contributed by atoms with van der Waals surface area (Å²) in [7, 11) is -5.04. The van der Waals surface area contributed by atoms with Crippen molar-refractivity contribution in [3.63, 3.8) is 0 Å². The van der Waals surface area contributed by atoms with E-state index in [2.05, 4.69) is 95.6 Å². The normalized spacial score (nSPS) is 20.6. The minimum absolute atomic E-state index is 0.00778. The summed E-state index contributed by atoms with van der Waals surface area (Å²) in [5.41, 5.74) is 2.37. The molecular formula is C75H114N6O16Si2. The van der Waals surface area contributed by atoms with Gasteiger partial charge in [0.25, 0.3) is 16.6 Å². The largest absolute Gasteiger partial charge is 0.541 e. The van der Waals surface area contributed by atoms with E-state index in [4.69, 9.17) is 42.0 Å². The summed E-state index contributed by atoms with van der Waals surface area (Å²) in [5, 5.41) is 11.2. The Balaban J connectivity index is 1.24. The van der Waals surface area contributed by atoms with Gasteiger partial charge in [-0.15, -0.1) is 0 Å². The molecule has 6 amide bonds. The van der Waals surface area contributed by atoms with Crippen molar-refractivity contribution >= 4 is 58.4 Å². The Morgan fingerprint density at radius 2 is 1.27 bits per heavy atom. The molecule has 24 heteroatoms. The Hall–Kier alpha value is -6.84. The Labute approximate surface area is 590 Å². The number of nitrogens with one attached hydrogen (secondary N) is 4. The van der Waals surface area contributed by atoms with E-state index in [0.717, 1.165) is 22.3 Å². The summed E-state index contributed by atoms with van der Waals surface area (Å²) in [6, 6.07) is 14.7. The van der Waals surface area contributed by atoms with Crippen LogP contribution in [0.5, 0.6) is 11.5 Å². The number of esters is 1. The second-order valence-corrected chi connectivity index (χ2v) is 42.7. The van der Waals surface area contributed by atoms with Gasteiger partial charge in [-0.3, -0.25) is 24.1 Å². The Bertz CT molecular complexity index is 3350. The highest BCUT2D eigenvalue weighted by Crippen LogP contribution is 2.47. The highest BCUT2D eigenvalue weighted by atomic mass is 28.4. The molecule has 9 atom stereocenters. The van der Waals surface area contributed by atoms with Crippen molar-refractivity contribution in [3.8, 4) is 22.6 Å². The van der Waals surface area contributed by atoms with E-state index in [1.54, 1.807) is 62.3 Å². The van der Waals surface area contributed by atoms with Crippen molar-refractivity contribution in [3.05, 3.63) is 96.1 Å². The number of rotatable bonds is 26. The molecule has 0 unspecified atom stereocenters. The minimum Gasteiger partial charge on any atom is -0.541 e. The molecule has 0 aromatic heterocycles. The summed E-state index contributed by atoms with van der Waals surface area (Å²) < 4.78 is 57.0. The van der Waals surface area contributed by atoms with Crippen LogP contribution in [0.2, 0.25) is 36.3 Å². The maximum Gasteiger partial charge on any atom is 0.410 e. The number of ether oxygens (including phenoxy) is 7. The highest BCUT2D eigenvalue weighted by molar-refractivity contribution is 6.75. The number of hydrogen-bond acceptors (Lipinski definition) is 16. The number of hydrogen-bond donors (Lipinski definition) is 4. The van der Waals surface area contributed by atoms with Crippen LogP contribution in [0.15, 0.2) is 79.4 Å². The lowest BCUT2D eigenvalue weighted by Gasteiger charge is -2.40. The molecule has 3 aliphatic heterocycles. The van der Waals surface area contributed by atoms with Gasteiger partial charge in [-0.25, -0.2) is 14.4 Å². The van der Waals surface area contributed by atoms with E-state index >= 15 is 19.2 Å². The molecule has 99 heavy (non-hydrogen) atoms. The first-order valence-corrected chi connectivity index (χ1v) is 40.8. The molecule has 1 aliphatic carbocycles. The number of fused-ring (bicyclic) bond motifs is 4. The molecule has 0 spiro atoms. The molecule has 548 valence electrons. The minimum atomic E-state index is -2.57. The molecule has 0 bridgehead atoms. The number of likely N-dealkylation sites (tertiary alicyclic amines) is 2. The van der Waals surface area contributed by atoms with Crippen LogP contribution >= 0.6 is 0 Å². The topological polar surface area (TPSA) is 257 Å². The highest BCUT2D eigenvalue weighted by Gasteiger charge is 2.60. The zero-order valence-electron chi connectivity index (χ0n) is 62.9. The zero-order chi connectivity index (χ0) is 73.8. The molecule has 3 aromatic carbocycles. The third-order valence-corrected chi connectivity index (χ3v) is 27.7. The van der Waals surface area contributed by atoms with E-state index in [9.17, 15) is 14.4 Å². The van der Waals surface area contributed by atoms with Crippen LogP contribution in [0.3, 0.4) is 0 Å². The van der Waals surface area contributed by atoms with Crippen molar-refractivity contribution in [1.82, 2.24) is 31.1 Å². The van der Waals surface area contributed by atoms with Gasteiger partial charge >= 0.3 is 18.2 Å². The predicted molar refractivity (Wildman–Crippen MR) is 385 cm³/mol. The molecule has 0 radical (unpaired) electrons. The predicted octanol–water partition coefficient (Wildman–Crippen LogP) is 12.0. The number of alkyl carbamates (subject to hydrolysis) is 1. The molecule has 0 saturated carbocycles. The molecule has 3 heterocycles. The van der Waals surface area contributed by atoms with Crippen molar-refractivity contribution < 1.29 is 75.6 Å². The molecule has 7 rings (SSSR count). The van der Waals surface area contributed by atoms with Crippen LogP contribution in [0.25, 0.3) is 11.1 Å². The molecule has 3 fully saturated rings. The van der Waals surface area contributed by atoms with Crippen LogP contribution < -0.4 is 30.1 Å². The quantitative estimate of drug-likeness (QED) is 0.0191. The average molecular weight is 1410 g/mol. The monoisotopic (exact) mass is 1410 g/mol. The molecule has 3 aromatic rings. The van der Waals surface area contributed by atoms with Gasteiger partial charge in [0.05, 0.1) is 30.0 Å².